The third kappa shape index (κ3) is 4.73. The van der Waals surface area contributed by atoms with E-state index in [1.54, 1.807) is 0 Å². The predicted octanol–water partition coefficient (Wildman–Crippen LogP) is 3.37. The van der Waals surface area contributed by atoms with Crippen LogP contribution in [-0.4, -0.2) is 23.8 Å². The first kappa shape index (κ1) is 16.8. The van der Waals surface area contributed by atoms with Crippen LogP contribution >= 0.6 is 0 Å². The number of nitrogens with one attached hydrogen (secondary N) is 2. The Morgan fingerprint density at radius 3 is 2.32 bits per heavy atom. The molecule has 1 aromatic carbocycles. The van der Waals surface area contributed by atoms with Crippen molar-refractivity contribution in [3.05, 3.63) is 34.4 Å². The number of benzene rings is 1. The Kier molecular flexibility index (Phi) is 4.81. The van der Waals surface area contributed by atoms with Crippen molar-refractivity contribution in [3.8, 4) is 0 Å². The molecular formula is C18H28N2O2. The standard InChI is InChI=1S/C18H28N2O2/c1-11-7-12(2)14(13(3)8-11)10-19-15-9-16(15)20-17(21)22-18(4,5)6/h7-8,15-16,19H,9-10H2,1-6H3,(H,20,21). The van der Waals surface area contributed by atoms with E-state index in [0.717, 1.165) is 13.0 Å². The van der Waals surface area contributed by atoms with Gasteiger partial charge in [0.25, 0.3) is 0 Å². The molecule has 0 saturated heterocycles. The van der Waals surface area contributed by atoms with Gasteiger partial charge < -0.3 is 15.4 Å². The SMILES string of the molecule is Cc1cc(C)c(CNC2CC2NC(=O)OC(C)(C)C)c(C)c1. The molecule has 0 radical (unpaired) electrons. The van der Waals surface area contributed by atoms with Crippen molar-refractivity contribution in [2.75, 3.05) is 0 Å². The Labute approximate surface area is 133 Å². The minimum atomic E-state index is -0.446. The summed E-state index contributed by atoms with van der Waals surface area (Å²) in [5, 5.41) is 6.43. The lowest BCUT2D eigenvalue weighted by molar-refractivity contribution is 0.0522. The highest BCUT2D eigenvalue weighted by atomic mass is 16.6. The topological polar surface area (TPSA) is 50.4 Å². The summed E-state index contributed by atoms with van der Waals surface area (Å²) in [6, 6.07) is 4.95. The lowest BCUT2D eigenvalue weighted by atomic mass is 10.00. The third-order valence-electron chi connectivity index (χ3n) is 3.87. The van der Waals surface area contributed by atoms with Crippen LogP contribution in [-0.2, 0) is 11.3 Å². The number of carbonyl (C=O) groups excluding carboxylic acids is 1. The van der Waals surface area contributed by atoms with Crippen LogP contribution in [0.2, 0.25) is 0 Å². The summed E-state index contributed by atoms with van der Waals surface area (Å²) in [4.78, 5) is 11.7. The number of hydrogen-bond donors (Lipinski definition) is 2. The van der Waals surface area contributed by atoms with Gasteiger partial charge in [0, 0.05) is 18.6 Å². The highest BCUT2D eigenvalue weighted by Crippen LogP contribution is 2.24. The van der Waals surface area contributed by atoms with Crippen LogP contribution in [0.15, 0.2) is 12.1 Å². The van der Waals surface area contributed by atoms with Crippen LogP contribution in [0, 0.1) is 20.8 Å². The monoisotopic (exact) mass is 304 g/mol. The molecule has 0 spiro atoms. The molecule has 122 valence electrons. The van der Waals surface area contributed by atoms with Gasteiger partial charge in [-0.1, -0.05) is 17.7 Å². The van der Waals surface area contributed by atoms with Gasteiger partial charge in [0.1, 0.15) is 5.60 Å². The summed E-state index contributed by atoms with van der Waals surface area (Å²) in [5.41, 5.74) is 4.85. The van der Waals surface area contributed by atoms with Crippen LogP contribution in [0.5, 0.6) is 0 Å². The third-order valence-corrected chi connectivity index (χ3v) is 3.87. The van der Waals surface area contributed by atoms with E-state index < -0.39 is 5.60 Å². The van der Waals surface area contributed by atoms with Gasteiger partial charge in [0.2, 0.25) is 0 Å². The zero-order chi connectivity index (χ0) is 16.5. The highest BCUT2D eigenvalue weighted by molar-refractivity contribution is 5.68. The van der Waals surface area contributed by atoms with Crippen LogP contribution in [0.25, 0.3) is 0 Å². The zero-order valence-electron chi connectivity index (χ0n) is 14.5. The number of hydrogen-bond acceptors (Lipinski definition) is 3. The van der Waals surface area contributed by atoms with Gasteiger partial charge in [-0.3, -0.25) is 0 Å². The smallest absolute Gasteiger partial charge is 0.407 e. The minimum Gasteiger partial charge on any atom is -0.444 e. The largest absolute Gasteiger partial charge is 0.444 e. The molecule has 1 aromatic rings. The normalized spacial score (nSPS) is 20.6. The molecule has 0 aliphatic heterocycles. The van der Waals surface area contributed by atoms with E-state index in [1.807, 2.05) is 20.8 Å². The van der Waals surface area contributed by atoms with E-state index in [1.165, 1.54) is 22.3 Å². The van der Waals surface area contributed by atoms with E-state index in [0.29, 0.717) is 6.04 Å². The second-order valence-electron chi connectivity index (χ2n) is 7.35. The second-order valence-corrected chi connectivity index (χ2v) is 7.35. The van der Waals surface area contributed by atoms with Gasteiger partial charge in [-0.25, -0.2) is 4.79 Å². The van der Waals surface area contributed by atoms with E-state index >= 15 is 0 Å². The summed E-state index contributed by atoms with van der Waals surface area (Å²) >= 11 is 0. The molecule has 1 fully saturated rings. The fourth-order valence-corrected chi connectivity index (χ4v) is 2.76. The molecule has 2 rings (SSSR count). The Morgan fingerprint density at radius 2 is 1.77 bits per heavy atom. The van der Waals surface area contributed by atoms with Crippen molar-refractivity contribution in [1.82, 2.24) is 10.6 Å². The highest BCUT2D eigenvalue weighted by Gasteiger charge is 2.38. The molecule has 22 heavy (non-hydrogen) atoms. The van der Waals surface area contributed by atoms with E-state index in [9.17, 15) is 4.79 Å². The number of rotatable bonds is 4. The van der Waals surface area contributed by atoms with Crippen molar-refractivity contribution in [2.45, 2.75) is 72.2 Å². The maximum absolute atomic E-state index is 11.7. The molecular weight excluding hydrogens is 276 g/mol. The maximum atomic E-state index is 11.7. The van der Waals surface area contributed by atoms with Gasteiger partial charge in [-0.2, -0.15) is 0 Å². The van der Waals surface area contributed by atoms with Crippen LogP contribution in [0.1, 0.15) is 49.4 Å². The van der Waals surface area contributed by atoms with Gasteiger partial charge >= 0.3 is 6.09 Å². The van der Waals surface area contributed by atoms with E-state index in [4.69, 9.17) is 4.74 Å². The zero-order valence-corrected chi connectivity index (χ0v) is 14.5. The summed E-state index contributed by atoms with van der Waals surface area (Å²) < 4.78 is 5.27. The number of ether oxygens (including phenoxy) is 1. The Balaban J connectivity index is 1.80. The fourth-order valence-electron chi connectivity index (χ4n) is 2.76. The molecule has 4 heteroatoms. The average molecular weight is 304 g/mol. The number of alkyl carbamates (subject to hydrolysis) is 1. The molecule has 0 heterocycles. The first-order valence-electron chi connectivity index (χ1n) is 7.95. The number of carbonyl (C=O) groups is 1. The molecule has 2 N–H and O–H groups in total. The van der Waals surface area contributed by atoms with Crippen molar-refractivity contribution < 1.29 is 9.53 Å². The summed E-state index contributed by atoms with van der Waals surface area (Å²) in [6.07, 6.45) is 0.632. The maximum Gasteiger partial charge on any atom is 0.407 e. The lowest BCUT2D eigenvalue weighted by Gasteiger charge is -2.19. The molecule has 1 aliphatic rings. The molecule has 0 bridgehead atoms. The van der Waals surface area contributed by atoms with Gasteiger partial charge in [-0.15, -0.1) is 0 Å². The minimum absolute atomic E-state index is 0.181. The van der Waals surface area contributed by atoms with Crippen LogP contribution in [0.4, 0.5) is 4.79 Å². The summed E-state index contributed by atoms with van der Waals surface area (Å²) in [6.45, 7) is 12.9. The second kappa shape index (κ2) is 6.29. The van der Waals surface area contributed by atoms with Crippen LogP contribution < -0.4 is 10.6 Å². The van der Waals surface area contributed by atoms with E-state index in [2.05, 4.69) is 43.5 Å². The fraction of sp³-hybridized carbons (Fsp3) is 0.611. The summed E-state index contributed by atoms with van der Waals surface area (Å²) in [5.74, 6) is 0. The van der Waals surface area contributed by atoms with Crippen molar-refractivity contribution in [3.63, 3.8) is 0 Å². The van der Waals surface area contributed by atoms with Gasteiger partial charge in [0.15, 0.2) is 0 Å². The van der Waals surface area contributed by atoms with Gasteiger partial charge in [-0.05, 0) is 64.7 Å². The first-order valence-corrected chi connectivity index (χ1v) is 7.95. The van der Waals surface area contributed by atoms with E-state index in [-0.39, 0.29) is 12.1 Å². The molecule has 1 amide bonds. The molecule has 2 atom stereocenters. The summed E-state index contributed by atoms with van der Waals surface area (Å²) in [7, 11) is 0. The Morgan fingerprint density at radius 1 is 1.18 bits per heavy atom. The quantitative estimate of drug-likeness (QED) is 0.896. The van der Waals surface area contributed by atoms with Crippen LogP contribution in [0.3, 0.4) is 0 Å². The van der Waals surface area contributed by atoms with Crippen molar-refractivity contribution >= 4 is 6.09 Å². The molecule has 1 aliphatic carbocycles. The average Bonchev–Trinajstić information content (AvgIpc) is 3.02. The predicted molar refractivity (Wildman–Crippen MR) is 89.1 cm³/mol. The number of amides is 1. The molecule has 4 nitrogen and oxygen atoms in total. The number of aryl methyl sites for hydroxylation is 3. The van der Waals surface area contributed by atoms with Gasteiger partial charge in [0.05, 0.1) is 0 Å². The van der Waals surface area contributed by atoms with Crippen molar-refractivity contribution in [2.24, 2.45) is 0 Å². The first-order chi connectivity index (χ1) is 10.2. The van der Waals surface area contributed by atoms with Crippen molar-refractivity contribution in [1.29, 1.82) is 0 Å². The molecule has 0 aromatic heterocycles. The lowest BCUT2D eigenvalue weighted by Crippen LogP contribution is -2.36. The Bertz CT molecular complexity index is 538. The molecule has 1 saturated carbocycles. The Hall–Kier alpha value is -1.55. The molecule has 2 unspecified atom stereocenters.